The minimum atomic E-state index is -0.611. The van der Waals surface area contributed by atoms with Crippen LogP contribution in [0.15, 0.2) is 106 Å². The van der Waals surface area contributed by atoms with Gasteiger partial charge >= 0.3 is 0 Å². The van der Waals surface area contributed by atoms with Crippen molar-refractivity contribution in [2.45, 2.75) is 470 Å². The van der Waals surface area contributed by atoms with E-state index in [1.54, 1.807) is 0 Å². The van der Waals surface area contributed by atoms with E-state index in [1.807, 2.05) is 42.5 Å². The largest absolute Gasteiger partial charge is 0.350 e. The van der Waals surface area contributed by atoms with Crippen molar-refractivity contribution < 1.29 is 56.8 Å². The summed E-state index contributed by atoms with van der Waals surface area (Å²) >= 11 is 0. The van der Waals surface area contributed by atoms with Crippen molar-refractivity contribution in [1.82, 2.24) is 0 Å². The third kappa shape index (κ3) is 254. The Morgan fingerprint density at radius 2 is 0.462 bits per heavy atom. The lowest BCUT2D eigenvalue weighted by Crippen LogP contribution is -2.10. The van der Waals surface area contributed by atoms with Crippen molar-refractivity contribution in [3.63, 3.8) is 0 Å². The molecule has 6 saturated heterocycles. The number of unbranched alkanes of at least 4 members (excludes halogenated alkanes) is 4. The van der Waals surface area contributed by atoms with Gasteiger partial charge in [-0.2, -0.15) is 0 Å². The number of ether oxygens (including phenoxy) is 12. The summed E-state index contributed by atoms with van der Waals surface area (Å²) in [6.07, 6.45) is 39.6. The molecule has 1 aromatic rings. The SMILES string of the molecule is C=CC(C)C.C=CC(C)C.C=CC(C)C.C=CC(C)C.C=CC(C)C.C=CC(C)C.CC(C)CCCOC1CO1.CC(C)CCCOC1CO1.CC(C)CCCOC1CO1.CC(C)CCCOC1CO1.CCC1CCCCC1.CCCCCOC1CO1.CCCCCOC1CO1.CCc1ccccc1.C[SiH2]C.C[SiH2]C.C[Si](C)(C)C.C[Si](C)(C)C.C[Si](C)(C)C.C[Si](C)(C)C. The molecule has 1 aromatic carbocycles. The molecule has 130 heavy (non-hydrogen) atoms. The summed E-state index contributed by atoms with van der Waals surface area (Å²) < 4.78 is 60.9. The lowest BCUT2D eigenvalue weighted by atomic mass is 9.88. The lowest BCUT2D eigenvalue weighted by molar-refractivity contribution is 0.0466. The molecule has 786 valence electrons. The molecule has 0 N–H and O–H groups in total. The molecule has 0 aromatic heterocycles. The molecular weight excluding hydrogens is 1710 g/mol. The first-order valence-corrected chi connectivity index (χ1v) is 74.2. The van der Waals surface area contributed by atoms with Gasteiger partial charge in [-0.1, -0.05) is 428 Å². The van der Waals surface area contributed by atoms with Gasteiger partial charge in [0.15, 0.2) is 37.7 Å². The summed E-state index contributed by atoms with van der Waals surface area (Å²) in [4.78, 5) is 0. The van der Waals surface area contributed by atoms with Gasteiger partial charge in [-0.25, -0.2) is 0 Å². The summed E-state index contributed by atoms with van der Waals surface area (Å²) in [6, 6.07) is 10.5. The molecule has 0 amide bonds. The van der Waals surface area contributed by atoms with Gasteiger partial charge < -0.3 is 56.8 Å². The minimum absolute atomic E-state index is 0.146. The van der Waals surface area contributed by atoms with E-state index in [2.05, 4.69) is 361 Å². The van der Waals surface area contributed by atoms with Gasteiger partial charge in [0, 0.05) is 91.0 Å². The van der Waals surface area contributed by atoms with Crippen LogP contribution in [0.2, 0.25) is 131 Å². The molecule has 8 rings (SSSR count). The van der Waals surface area contributed by atoms with E-state index in [9.17, 15) is 0 Å². The van der Waals surface area contributed by atoms with Crippen LogP contribution < -0.4 is 0 Å². The lowest BCUT2D eigenvalue weighted by Gasteiger charge is -2.18. The molecule has 18 heteroatoms. The predicted octanol–water partition coefficient (Wildman–Crippen LogP) is 34.8. The van der Waals surface area contributed by atoms with Gasteiger partial charge in [0.25, 0.3) is 0 Å². The molecule has 6 atom stereocenters. The highest BCUT2D eigenvalue weighted by atomic mass is 28.3. The number of hydrogen-bond acceptors (Lipinski definition) is 12. The zero-order chi connectivity index (χ0) is 103. The summed E-state index contributed by atoms with van der Waals surface area (Å²) in [5, 5.41) is 0. The molecule has 6 heterocycles. The van der Waals surface area contributed by atoms with Crippen LogP contribution in [0, 0.1) is 65.1 Å². The Labute approximate surface area is 828 Å². The van der Waals surface area contributed by atoms with Crippen LogP contribution in [0.1, 0.15) is 300 Å². The number of hydrogen-bond donors (Lipinski definition) is 0. The second-order valence-corrected chi connectivity index (χ2v) is 71.2. The number of aryl methyl sites for hydroxylation is 1. The van der Waals surface area contributed by atoms with Crippen molar-refractivity contribution in [2.24, 2.45) is 65.1 Å². The molecule has 7 aliphatic rings. The summed E-state index contributed by atoms with van der Waals surface area (Å²) in [5.41, 5.74) is 1.41. The molecule has 0 bridgehead atoms. The van der Waals surface area contributed by atoms with Gasteiger partial charge in [-0.3, -0.25) is 0 Å². The van der Waals surface area contributed by atoms with Crippen LogP contribution >= 0.6 is 0 Å². The van der Waals surface area contributed by atoms with E-state index in [-0.39, 0.29) is 37.7 Å². The van der Waals surface area contributed by atoms with Gasteiger partial charge in [0.1, 0.15) is 39.6 Å². The second kappa shape index (κ2) is 113. The topological polar surface area (TPSA) is 131 Å². The van der Waals surface area contributed by atoms with Crippen molar-refractivity contribution >= 4 is 51.3 Å². The third-order valence-electron chi connectivity index (χ3n) is 15.2. The maximum atomic E-state index is 5.28. The summed E-state index contributed by atoms with van der Waals surface area (Å²) in [7, 11) is -1.61. The van der Waals surface area contributed by atoms with E-state index in [0.717, 1.165) is 141 Å². The molecule has 0 radical (unpaired) electrons. The fourth-order valence-electron chi connectivity index (χ4n) is 7.08. The fraction of sp³-hybridized carbons (Fsp3) is 0.839. The first kappa shape index (κ1) is 154. The van der Waals surface area contributed by atoms with Crippen LogP contribution in [-0.2, 0) is 63.3 Å². The second-order valence-electron chi connectivity index (χ2n) is 44.4. The zero-order valence-corrected chi connectivity index (χ0v) is 103. The number of rotatable bonds is 38. The van der Waals surface area contributed by atoms with Crippen molar-refractivity contribution in [3.8, 4) is 0 Å². The molecule has 6 aliphatic heterocycles. The third-order valence-corrected chi connectivity index (χ3v) is 15.2. The highest BCUT2D eigenvalue weighted by Crippen LogP contribution is 2.26. The van der Waals surface area contributed by atoms with E-state index in [4.69, 9.17) is 56.8 Å². The average molecular weight is 1950 g/mol. The molecule has 6 unspecified atom stereocenters. The maximum absolute atomic E-state index is 5.28. The number of benzene rings is 1. The minimum Gasteiger partial charge on any atom is -0.350 e. The molecule has 0 spiro atoms. The summed E-state index contributed by atoms with van der Waals surface area (Å²) in [5.74, 6) is 8.16. The van der Waals surface area contributed by atoms with Gasteiger partial charge in [-0.15, -0.1) is 39.5 Å². The van der Waals surface area contributed by atoms with Gasteiger partial charge in [0.05, 0.1) is 0 Å². The highest BCUT2D eigenvalue weighted by molar-refractivity contribution is 6.75. The molecular formula is C112H242O12Si6. The van der Waals surface area contributed by atoms with Gasteiger partial charge in [-0.05, 0) is 141 Å². The Balaban J connectivity index is -0.000000114. The smallest absolute Gasteiger partial charge is 0.181 e. The van der Waals surface area contributed by atoms with Crippen LogP contribution in [0.5, 0.6) is 0 Å². The van der Waals surface area contributed by atoms with Crippen molar-refractivity contribution in [3.05, 3.63) is 112 Å². The van der Waals surface area contributed by atoms with E-state index < -0.39 is 32.3 Å². The van der Waals surface area contributed by atoms with E-state index in [0.29, 0.717) is 54.5 Å². The summed E-state index contributed by atoms with van der Waals surface area (Å²) in [6.45, 7) is 130. The first-order valence-electron chi connectivity index (χ1n) is 52.5. The van der Waals surface area contributed by atoms with Crippen molar-refractivity contribution in [1.29, 1.82) is 0 Å². The molecule has 7 fully saturated rings. The Bertz CT molecular complexity index is 1990. The van der Waals surface area contributed by atoms with E-state index >= 15 is 0 Å². The van der Waals surface area contributed by atoms with Gasteiger partial charge in [0.2, 0.25) is 0 Å². The Morgan fingerprint density at radius 1 is 0.300 bits per heavy atom. The van der Waals surface area contributed by atoms with Crippen LogP contribution in [0.25, 0.3) is 0 Å². The standard InChI is InChI=1S/4C8H16O2.C8H16.C8H10.2C7H14O2.6C5H10.4C4H12Si.2C2H8Si/c4*1-7(2)4-3-5-9-8-6-10-8;2*1-2-8-6-4-3-5-7-8;2*1-2-3-4-5-8-7-6-9-7;6*1-4-5(2)3;4*1-5(2,3)4;2*1-3-2/h4*7-8H,3-6H2,1-2H3;8H,2-7H2,1H3;3-7H,2H2,1H3;2*7H,2-6H2,1H3;6*4-5H,1H2,2-3H3;4*1-4H3;2*3H2,1-2H3. The zero-order valence-electron chi connectivity index (χ0n) is 96.6. The Kier molecular flexibility index (Phi) is 133. The predicted molar refractivity (Wildman–Crippen MR) is 610 cm³/mol. The molecule has 1 aliphatic carbocycles. The van der Waals surface area contributed by atoms with E-state index in [1.165, 1.54) is 108 Å². The Morgan fingerprint density at radius 3 is 0.569 bits per heavy atom. The number of allylic oxidation sites excluding steroid dienone is 6. The first-order chi connectivity index (χ1) is 60.3. The average Bonchev–Trinajstić information content (AvgIpc) is 1.73. The van der Waals surface area contributed by atoms with Crippen LogP contribution in [-0.4, -0.2) is 168 Å². The fourth-order valence-corrected chi connectivity index (χ4v) is 7.08. The highest BCUT2D eigenvalue weighted by Gasteiger charge is 2.26. The van der Waals surface area contributed by atoms with Crippen molar-refractivity contribution in [2.75, 3.05) is 79.3 Å². The molecule has 12 nitrogen and oxygen atoms in total. The number of epoxide rings is 6. The Hall–Kier alpha value is -1.52. The quantitative estimate of drug-likeness (QED) is 0.0270. The maximum Gasteiger partial charge on any atom is 0.181 e. The molecule has 1 saturated carbocycles. The monoisotopic (exact) mass is 1950 g/mol. The van der Waals surface area contributed by atoms with Crippen LogP contribution in [0.4, 0.5) is 0 Å². The normalized spacial score (nSPS) is 16.8. The van der Waals surface area contributed by atoms with Crippen LogP contribution in [0.3, 0.4) is 0 Å².